The quantitative estimate of drug-likeness (QED) is 0.756. The first kappa shape index (κ1) is 14.2. The molecule has 1 N–H and O–H groups in total. The van der Waals surface area contributed by atoms with E-state index in [1.165, 1.54) is 0 Å². The predicted molar refractivity (Wildman–Crippen MR) is 70.8 cm³/mol. The molecule has 0 unspecified atom stereocenters. The fraction of sp³-hybridized carbons (Fsp3) is 0.429. The van der Waals surface area contributed by atoms with Crippen molar-refractivity contribution < 1.29 is 14.3 Å². The van der Waals surface area contributed by atoms with Crippen molar-refractivity contribution in [1.82, 2.24) is 0 Å². The molecule has 18 heavy (non-hydrogen) atoms. The van der Waals surface area contributed by atoms with Crippen LogP contribution in [0.15, 0.2) is 24.3 Å². The molecule has 0 heterocycles. The van der Waals surface area contributed by atoms with Crippen molar-refractivity contribution in [2.45, 2.75) is 32.6 Å². The van der Waals surface area contributed by atoms with Gasteiger partial charge in [0.2, 0.25) is 5.91 Å². The van der Waals surface area contributed by atoms with Crippen molar-refractivity contribution in [3.63, 3.8) is 0 Å². The lowest BCUT2D eigenvalue weighted by atomic mass is 10.1. The highest BCUT2D eigenvalue weighted by atomic mass is 16.5. The maximum atomic E-state index is 11.6. The SMILES string of the molecule is COc1ccc(NC(=O)CCCCC(C)=O)cc1. The van der Waals surface area contributed by atoms with E-state index in [1.54, 1.807) is 38.3 Å². The highest BCUT2D eigenvalue weighted by Gasteiger charge is 2.03. The van der Waals surface area contributed by atoms with Crippen molar-refractivity contribution in [2.75, 3.05) is 12.4 Å². The number of benzene rings is 1. The normalized spacial score (nSPS) is 9.89. The second-order valence-electron chi connectivity index (χ2n) is 4.19. The molecule has 0 radical (unpaired) electrons. The molecule has 0 aliphatic heterocycles. The minimum Gasteiger partial charge on any atom is -0.497 e. The maximum absolute atomic E-state index is 11.6. The van der Waals surface area contributed by atoms with E-state index >= 15 is 0 Å². The van der Waals surface area contributed by atoms with Crippen molar-refractivity contribution in [3.05, 3.63) is 24.3 Å². The van der Waals surface area contributed by atoms with Crippen LogP contribution < -0.4 is 10.1 Å². The molecule has 0 saturated heterocycles. The van der Waals surface area contributed by atoms with Gasteiger partial charge in [-0.3, -0.25) is 4.79 Å². The molecule has 4 nitrogen and oxygen atoms in total. The number of amides is 1. The third-order valence-corrected chi connectivity index (χ3v) is 2.56. The van der Waals surface area contributed by atoms with Crippen LogP contribution in [0.4, 0.5) is 5.69 Å². The minimum absolute atomic E-state index is 0.0243. The topological polar surface area (TPSA) is 55.4 Å². The van der Waals surface area contributed by atoms with Gasteiger partial charge in [0.25, 0.3) is 0 Å². The average molecular weight is 249 g/mol. The molecule has 0 aromatic heterocycles. The number of nitrogens with one attached hydrogen (secondary N) is 1. The first-order valence-electron chi connectivity index (χ1n) is 6.05. The summed E-state index contributed by atoms with van der Waals surface area (Å²) in [6, 6.07) is 7.19. The molecule has 98 valence electrons. The number of ketones is 1. The summed E-state index contributed by atoms with van der Waals surface area (Å²) in [7, 11) is 1.60. The Labute approximate surface area is 107 Å². The van der Waals surface area contributed by atoms with Crippen molar-refractivity contribution in [3.8, 4) is 5.75 Å². The van der Waals surface area contributed by atoms with Gasteiger partial charge in [-0.2, -0.15) is 0 Å². The standard InChI is InChI=1S/C14H19NO3/c1-11(16)5-3-4-6-14(17)15-12-7-9-13(18-2)10-8-12/h7-10H,3-6H2,1-2H3,(H,15,17). The van der Waals surface area contributed by atoms with E-state index in [2.05, 4.69) is 5.32 Å². The fourth-order valence-electron chi connectivity index (χ4n) is 1.56. The fourth-order valence-corrected chi connectivity index (χ4v) is 1.56. The van der Waals surface area contributed by atoms with Gasteiger partial charge in [0.15, 0.2) is 0 Å². The maximum Gasteiger partial charge on any atom is 0.224 e. The number of carbonyl (C=O) groups is 2. The number of hydrogen-bond acceptors (Lipinski definition) is 3. The second kappa shape index (κ2) is 7.48. The summed E-state index contributed by atoms with van der Waals surface area (Å²) in [5.74, 6) is 0.906. The number of hydrogen-bond donors (Lipinski definition) is 1. The Hall–Kier alpha value is -1.84. The molecule has 1 rings (SSSR count). The Morgan fingerprint density at radius 2 is 1.72 bits per heavy atom. The highest BCUT2D eigenvalue weighted by molar-refractivity contribution is 5.90. The summed E-state index contributed by atoms with van der Waals surface area (Å²) < 4.78 is 5.03. The molecule has 0 aliphatic carbocycles. The zero-order chi connectivity index (χ0) is 13.4. The molecule has 0 atom stereocenters. The first-order valence-corrected chi connectivity index (χ1v) is 6.05. The third kappa shape index (κ3) is 5.48. The zero-order valence-electron chi connectivity index (χ0n) is 10.9. The summed E-state index contributed by atoms with van der Waals surface area (Å²) in [6.45, 7) is 1.57. The van der Waals surface area contributed by atoms with E-state index in [1.807, 2.05) is 0 Å². The molecule has 1 aromatic rings. The van der Waals surface area contributed by atoms with E-state index in [4.69, 9.17) is 4.74 Å². The van der Waals surface area contributed by atoms with Gasteiger partial charge in [-0.15, -0.1) is 0 Å². The van der Waals surface area contributed by atoms with E-state index in [9.17, 15) is 9.59 Å². The van der Waals surface area contributed by atoms with Crippen LogP contribution in [-0.4, -0.2) is 18.8 Å². The summed E-state index contributed by atoms with van der Waals surface area (Å²) in [5.41, 5.74) is 0.757. The van der Waals surface area contributed by atoms with Crippen LogP contribution in [-0.2, 0) is 9.59 Å². The van der Waals surface area contributed by atoms with Crippen LogP contribution in [0.5, 0.6) is 5.75 Å². The number of methoxy groups -OCH3 is 1. The summed E-state index contributed by atoms with van der Waals surface area (Å²) in [5, 5.41) is 2.80. The van der Waals surface area contributed by atoms with Crippen LogP contribution in [0.3, 0.4) is 0 Å². The smallest absolute Gasteiger partial charge is 0.224 e. The highest BCUT2D eigenvalue weighted by Crippen LogP contribution is 2.15. The molecule has 1 amide bonds. The molecular weight excluding hydrogens is 230 g/mol. The lowest BCUT2D eigenvalue weighted by Crippen LogP contribution is -2.11. The Kier molecular flexibility index (Phi) is 5.91. The Morgan fingerprint density at radius 1 is 1.11 bits per heavy atom. The molecule has 0 saturated carbocycles. The largest absolute Gasteiger partial charge is 0.497 e. The number of anilines is 1. The molecule has 0 aliphatic rings. The van der Waals surface area contributed by atoms with E-state index in [0.29, 0.717) is 12.8 Å². The molecular formula is C14H19NO3. The van der Waals surface area contributed by atoms with Crippen LogP contribution in [0.1, 0.15) is 32.6 Å². The van der Waals surface area contributed by atoms with Gasteiger partial charge in [0.1, 0.15) is 11.5 Å². The summed E-state index contributed by atoms with van der Waals surface area (Å²) in [4.78, 5) is 22.3. The van der Waals surface area contributed by atoms with Gasteiger partial charge in [-0.25, -0.2) is 0 Å². The third-order valence-electron chi connectivity index (χ3n) is 2.56. The minimum atomic E-state index is -0.0243. The van der Waals surface area contributed by atoms with Crippen LogP contribution >= 0.6 is 0 Å². The molecule has 1 aromatic carbocycles. The van der Waals surface area contributed by atoms with Crippen LogP contribution in [0.2, 0.25) is 0 Å². The van der Waals surface area contributed by atoms with E-state index in [0.717, 1.165) is 24.3 Å². The number of carbonyl (C=O) groups excluding carboxylic acids is 2. The van der Waals surface area contributed by atoms with Gasteiger partial charge >= 0.3 is 0 Å². The lowest BCUT2D eigenvalue weighted by molar-refractivity contribution is -0.118. The van der Waals surface area contributed by atoms with Gasteiger partial charge in [0, 0.05) is 18.5 Å². The predicted octanol–water partition coefficient (Wildman–Crippen LogP) is 2.78. The van der Waals surface area contributed by atoms with Crippen LogP contribution in [0.25, 0.3) is 0 Å². The van der Waals surface area contributed by atoms with Gasteiger partial charge in [0.05, 0.1) is 7.11 Å². The molecule has 0 fully saturated rings. The Balaban J connectivity index is 2.28. The van der Waals surface area contributed by atoms with Gasteiger partial charge < -0.3 is 14.8 Å². The van der Waals surface area contributed by atoms with E-state index in [-0.39, 0.29) is 11.7 Å². The van der Waals surface area contributed by atoms with Crippen LogP contribution in [0, 0.1) is 0 Å². The van der Waals surface area contributed by atoms with Gasteiger partial charge in [-0.1, -0.05) is 0 Å². The number of unbranched alkanes of at least 4 members (excludes halogenated alkanes) is 1. The number of Topliss-reactive ketones (excluding diaryl/α,β-unsaturated/α-hetero) is 1. The number of rotatable bonds is 7. The monoisotopic (exact) mass is 249 g/mol. The Morgan fingerprint density at radius 3 is 2.28 bits per heavy atom. The van der Waals surface area contributed by atoms with Crippen molar-refractivity contribution in [2.24, 2.45) is 0 Å². The Bertz CT molecular complexity index is 398. The second-order valence-corrected chi connectivity index (χ2v) is 4.19. The summed E-state index contributed by atoms with van der Waals surface area (Å²) in [6.07, 6.45) is 2.50. The molecule has 4 heteroatoms. The first-order chi connectivity index (χ1) is 8.61. The van der Waals surface area contributed by atoms with Gasteiger partial charge in [-0.05, 0) is 44.0 Å². The van der Waals surface area contributed by atoms with Crippen molar-refractivity contribution >= 4 is 17.4 Å². The molecule has 0 bridgehead atoms. The zero-order valence-corrected chi connectivity index (χ0v) is 10.9. The van der Waals surface area contributed by atoms with Crippen molar-refractivity contribution in [1.29, 1.82) is 0 Å². The number of ether oxygens (including phenoxy) is 1. The van der Waals surface area contributed by atoms with E-state index < -0.39 is 0 Å². The lowest BCUT2D eigenvalue weighted by Gasteiger charge is -2.06. The summed E-state index contributed by atoms with van der Waals surface area (Å²) >= 11 is 0. The average Bonchev–Trinajstić information content (AvgIpc) is 2.35. The molecule has 0 spiro atoms.